The van der Waals surface area contributed by atoms with E-state index < -0.39 is 29.6 Å². The van der Waals surface area contributed by atoms with Crippen molar-refractivity contribution in [3.63, 3.8) is 0 Å². The molecule has 0 aliphatic carbocycles. The SMILES string of the molecule is C#Cc1ccccc1C(C(=O)Nc1ccccc1C)N(C(=O)CNC(=O)OC(C)(C)C)C(C)C. The molecule has 3 amide bonds. The molecular weight excluding hydrogens is 430 g/mol. The number of ether oxygens (including phenoxy) is 1. The number of carbonyl (C=O) groups is 3. The van der Waals surface area contributed by atoms with Gasteiger partial charge < -0.3 is 20.3 Å². The van der Waals surface area contributed by atoms with E-state index in [4.69, 9.17) is 11.2 Å². The van der Waals surface area contributed by atoms with E-state index in [-0.39, 0.29) is 12.6 Å². The summed E-state index contributed by atoms with van der Waals surface area (Å²) in [6.45, 7) is 10.4. The molecule has 34 heavy (non-hydrogen) atoms. The van der Waals surface area contributed by atoms with Crippen molar-refractivity contribution in [2.75, 3.05) is 11.9 Å². The molecule has 0 aliphatic rings. The lowest BCUT2D eigenvalue weighted by Gasteiger charge is -2.35. The second-order valence-corrected chi connectivity index (χ2v) is 9.19. The molecule has 0 bridgehead atoms. The number of hydrogen-bond acceptors (Lipinski definition) is 4. The highest BCUT2D eigenvalue weighted by Crippen LogP contribution is 2.28. The van der Waals surface area contributed by atoms with Crippen LogP contribution in [0.2, 0.25) is 0 Å². The highest BCUT2D eigenvalue weighted by molar-refractivity contribution is 5.99. The highest BCUT2D eigenvalue weighted by Gasteiger charge is 2.35. The number of rotatable bonds is 7. The number of nitrogens with zero attached hydrogens (tertiary/aromatic N) is 1. The monoisotopic (exact) mass is 463 g/mol. The number of anilines is 1. The molecule has 1 unspecified atom stereocenters. The molecule has 0 radical (unpaired) electrons. The number of nitrogens with one attached hydrogen (secondary N) is 2. The number of terminal acetylenes is 1. The Hall–Kier alpha value is -3.79. The second-order valence-electron chi connectivity index (χ2n) is 9.19. The van der Waals surface area contributed by atoms with Crippen molar-refractivity contribution < 1.29 is 19.1 Å². The van der Waals surface area contributed by atoms with Gasteiger partial charge in [0.05, 0.1) is 0 Å². The Morgan fingerprint density at radius 2 is 1.68 bits per heavy atom. The lowest BCUT2D eigenvalue weighted by Crippen LogP contribution is -2.49. The smallest absolute Gasteiger partial charge is 0.408 e. The maximum atomic E-state index is 13.6. The molecule has 0 fully saturated rings. The van der Waals surface area contributed by atoms with Gasteiger partial charge in [-0.25, -0.2) is 4.79 Å². The van der Waals surface area contributed by atoms with Gasteiger partial charge in [0.2, 0.25) is 5.91 Å². The van der Waals surface area contributed by atoms with E-state index in [0.29, 0.717) is 16.8 Å². The van der Waals surface area contributed by atoms with E-state index in [9.17, 15) is 14.4 Å². The number of aryl methyl sites for hydroxylation is 1. The molecule has 0 saturated heterocycles. The molecular formula is C27H33N3O4. The zero-order chi connectivity index (χ0) is 25.5. The number of alkyl carbamates (subject to hydrolysis) is 1. The van der Waals surface area contributed by atoms with Crippen molar-refractivity contribution in [1.29, 1.82) is 0 Å². The summed E-state index contributed by atoms with van der Waals surface area (Å²) in [5.41, 5.74) is 1.85. The molecule has 7 nitrogen and oxygen atoms in total. The average molecular weight is 464 g/mol. The van der Waals surface area contributed by atoms with E-state index in [1.165, 1.54) is 4.90 Å². The fourth-order valence-corrected chi connectivity index (χ4v) is 3.48. The van der Waals surface area contributed by atoms with Crippen LogP contribution in [0.5, 0.6) is 0 Å². The summed E-state index contributed by atoms with van der Waals surface area (Å²) >= 11 is 0. The van der Waals surface area contributed by atoms with Crippen LogP contribution in [-0.4, -0.2) is 41.0 Å². The zero-order valence-corrected chi connectivity index (χ0v) is 20.6. The van der Waals surface area contributed by atoms with Gasteiger partial charge in [0.1, 0.15) is 18.2 Å². The number of carbonyl (C=O) groups excluding carboxylic acids is 3. The number of para-hydroxylation sites is 1. The lowest BCUT2D eigenvalue weighted by molar-refractivity contribution is -0.140. The molecule has 180 valence electrons. The van der Waals surface area contributed by atoms with Crippen LogP contribution in [-0.2, 0) is 14.3 Å². The van der Waals surface area contributed by atoms with Crippen LogP contribution in [0.25, 0.3) is 0 Å². The van der Waals surface area contributed by atoms with E-state index in [0.717, 1.165) is 5.56 Å². The predicted octanol–water partition coefficient (Wildman–Crippen LogP) is 4.42. The van der Waals surface area contributed by atoms with Gasteiger partial charge in [-0.3, -0.25) is 9.59 Å². The average Bonchev–Trinajstić information content (AvgIpc) is 2.75. The largest absolute Gasteiger partial charge is 0.444 e. The first kappa shape index (κ1) is 26.5. The van der Waals surface area contributed by atoms with E-state index >= 15 is 0 Å². The Bertz CT molecular complexity index is 1080. The highest BCUT2D eigenvalue weighted by atomic mass is 16.6. The number of amides is 3. The molecule has 2 aromatic carbocycles. The predicted molar refractivity (Wildman–Crippen MR) is 133 cm³/mol. The summed E-state index contributed by atoms with van der Waals surface area (Å²) < 4.78 is 5.22. The van der Waals surface area contributed by atoms with Gasteiger partial charge in [0, 0.05) is 17.3 Å². The van der Waals surface area contributed by atoms with Gasteiger partial charge in [-0.2, -0.15) is 0 Å². The van der Waals surface area contributed by atoms with Crippen LogP contribution in [0.3, 0.4) is 0 Å². The van der Waals surface area contributed by atoms with Crippen LogP contribution >= 0.6 is 0 Å². The molecule has 2 rings (SSSR count). The van der Waals surface area contributed by atoms with Crippen molar-refractivity contribution in [2.24, 2.45) is 0 Å². The first-order chi connectivity index (χ1) is 15.9. The first-order valence-electron chi connectivity index (χ1n) is 11.1. The zero-order valence-electron chi connectivity index (χ0n) is 20.6. The van der Waals surface area contributed by atoms with Crippen molar-refractivity contribution >= 4 is 23.6 Å². The van der Waals surface area contributed by atoms with Crippen molar-refractivity contribution in [1.82, 2.24) is 10.2 Å². The summed E-state index contributed by atoms with van der Waals surface area (Å²) in [6.07, 6.45) is 5.00. The molecule has 0 saturated carbocycles. The van der Waals surface area contributed by atoms with E-state index in [1.807, 2.05) is 25.1 Å². The third-order valence-corrected chi connectivity index (χ3v) is 4.97. The standard InChI is InChI=1S/C27H33N3O4/c1-8-20-14-10-11-15-21(20)24(25(32)29-22-16-12-9-13-19(22)4)30(18(2)3)23(31)17-28-26(33)34-27(5,6)7/h1,9-16,18,24H,17H2,2-7H3,(H,28,33)(H,29,32). The molecule has 2 N–H and O–H groups in total. The molecule has 0 heterocycles. The first-order valence-corrected chi connectivity index (χ1v) is 11.1. The summed E-state index contributed by atoms with van der Waals surface area (Å²) in [4.78, 5) is 40.5. The molecule has 0 aliphatic heterocycles. The number of benzene rings is 2. The summed E-state index contributed by atoms with van der Waals surface area (Å²) in [7, 11) is 0. The molecule has 7 heteroatoms. The maximum absolute atomic E-state index is 13.6. The summed E-state index contributed by atoms with van der Waals surface area (Å²) in [5.74, 6) is 1.75. The van der Waals surface area contributed by atoms with Crippen molar-refractivity contribution in [2.45, 2.75) is 59.2 Å². The van der Waals surface area contributed by atoms with Gasteiger partial charge in [-0.1, -0.05) is 42.3 Å². The van der Waals surface area contributed by atoms with Crippen molar-refractivity contribution in [3.8, 4) is 12.3 Å². The van der Waals surface area contributed by atoms with Crippen LogP contribution in [0, 0.1) is 19.3 Å². The maximum Gasteiger partial charge on any atom is 0.408 e. The fourth-order valence-electron chi connectivity index (χ4n) is 3.48. The Labute approximate surface area is 201 Å². The van der Waals surface area contributed by atoms with Crippen LogP contribution < -0.4 is 10.6 Å². The minimum Gasteiger partial charge on any atom is -0.444 e. The third kappa shape index (κ3) is 7.11. The Morgan fingerprint density at radius 1 is 1.06 bits per heavy atom. The van der Waals surface area contributed by atoms with Crippen molar-refractivity contribution in [3.05, 3.63) is 65.2 Å². The van der Waals surface area contributed by atoms with Gasteiger partial charge >= 0.3 is 6.09 Å². The van der Waals surface area contributed by atoms with Crippen LogP contribution in [0.1, 0.15) is 57.4 Å². The van der Waals surface area contributed by atoms with Gasteiger partial charge in [0.15, 0.2) is 0 Å². The molecule has 0 spiro atoms. The molecule has 2 aromatic rings. The minimum atomic E-state index is -1.01. The Kier molecular flexibility index (Phi) is 8.85. The van der Waals surface area contributed by atoms with Gasteiger partial charge in [-0.05, 0) is 64.8 Å². The third-order valence-electron chi connectivity index (χ3n) is 4.97. The summed E-state index contributed by atoms with van der Waals surface area (Å²) in [5, 5.41) is 5.42. The van der Waals surface area contributed by atoms with Crippen LogP contribution in [0.15, 0.2) is 48.5 Å². The summed E-state index contributed by atoms with van der Waals surface area (Å²) in [6, 6.07) is 13.0. The second kappa shape index (κ2) is 11.4. The van der Waals surface area contributed by atoms with E-state index in [2.05, 4.69) is 16.6 Å². The van der Waals surface area contributed by atoms with Gasteiger partial charge in [-0.15, -0.1) is 6.42 Å². The normalized spacial score (nSPS) is 11.8. The quantitative estimate of drug-likeness (QED) is 0.595. The topological polar surface area (TPSA) is 87.7 Å². The van der Waals surface area contributed by atoms with Gasteiger partial charge in [0.25, 0.3) is 5.91 Å². The Morgan fingerprint density at radius 3 is 2.26 bits per heavy atom. The van der Waals surface area contributed by atoms with E-state index in [1.54, 1.807) is 65.0 Å². The fraction of sp³-hybridized carbons (Fsp3) is 0.370. The minimum absolute atomic E-state index is 0.334. The molecule has 1 atom stereocenters. The lowest BCUT2D eigenvalue weighted by atomic mass is 9.97. The Balaban J connectivity index is 2.42. The van der Waals surface area contributed by atoms with Crippen LogP contribution in [0.4, 0.5) is 10.5 Å². The molecule has 0 aromatic heterocycles. The number of hydrogen-bond donors (Lipinski definition) is 2.